The van der Waals surface area contributed by atoms with Crippen LogP contribution in [0.4, 0.5) is 5.95 Å². The molecule has 0 atom stereocenters. The van der Waals surface area contributed by atoms with Crippen LogP contribution in [0.15, 0.2) is 77.9 Å². The molecule has 4 aromatic rings. The number of anilines is 1. The first-order chi connectivity index (χ1) is 14.7. The van der Waals surface area contributed by atoms with E-state index in [1.807, 2.05) is 72.8 Å². The first-order valence-corrected chi connectivity index (χ1v) is 10.8. The first-order valence-electron chi connectivity index (χ1n) is 9.33. The molecule has 0 fully saturated rings. The summed E-state index contributed by atoms with van der Waals surface area (Å²) in [6.45, 7) is 0.628. The number of aromatic nitrogens is 2. The third kappa shape index (κ3) is 4.96. The Morgan fingerprint density at radius 1 is 1.00 bits per heavy atom. The van der Waals surface area contributed by atoms with E-state index in [1.165, 1.54) is 0 Å². The van der Waals surface area contributed by atoms with Gasteiger partial charge < -0.3 is 4.74 Å². The van der Waals surface area contributed by atoms with Crippen molar-refractivity contribution in [3.05, 3.63) is 83.4 Å². The van der Waals surface area contributed by atoms with Crippen molar-refractivity contribution in [2.45, 2.75) is 0 Å². The second-order valence-corrected chi connectivity index (χ2v) is 7.63. The van der Waals surface area contributed by atoms with Gasteiger partial charge in [-0.05, 0) is 48.0 Å². The third-order valence-corrected chi connectivity index (χ3v) is 4.87. The summed E-state index contributed by atoms with van der Waals surface area (Å²) in [6, 6.07) is 23.2. The number of nitrogens with one attached hydrogen (secondary N) is 1. The summed E-state index contributed by atoms with van der Waals surface area (Å²) >= 11 is 9.55. The molecule has 0 spiro atoms. The molecule has 0 unspecified atom stereocenters. The van der Waals surface area contributed by atoms with Crippen LogP contribution in [0.1, 0.15) is 5.56 Å². The number of hydrazone groups is 1. The molecule has 0 saturated carbocycles. The van der Waals surface area contributed by atoms with Crippen LogP contribution in [0.5, 0.6) is 5.75 Å². The molecular formula is C23H18BrClN4O. The van der Waals surface area contributed by atoms with E-state index in [0.29, 0.717) is 17.6 Å². The second kappa shape index (κ2) is 9.69. The Kier molecular flexibility index (Phi) is 6.57. The van der Waals surface area contributed by atoms with Crippen LogP contribution >= 0.6 is 27.5 Å². The summed E-state index contributed by atoms with van der Waals surface area (Å²) in [4.78, 5) is 9.23. The molecule has 7 heteroatoms. The van der Waals surface area contributed by atoms with E-state index >= 15 is 0 Å². The maximum Gasteiger partial charge on any atom is 0.244 e. The van der Waals surface area contributed by atoms with Crippen LogP contribution in [0.25, 0.3) is 22.2 Å². The van der Waals surface area contributed by atoms with Crippen molar-refractivity contribution in [2.75, 3.05) is 17.4 Å². The Morgan fingerprint density at radius 3 is 2.57 bits per heavy atom. The van der Waals surface area contributed by atoms with Crippen molar-refractivity contribution in [2.24, 2.45) is 5.10 Å². The van der Waals surface area contributed by atoms with Crippen molar-refractivity contribution in [3.63, 3.8) is 0 Å². The summed E-state index contributed by atoms with van der Waals surface area (Å²) in [6.07, 6.45) is 1.71. The highest BCUT2D eigenvalue weighted by molar-refractivity contribution is 9.09. The minimum atomic E-state index is 0.414. The van der Waals surface area contributed by atoms with E-state index in [2.05, 4.69) is 36.4 Å². The lowest BCUT2D eigenvalue weighted by Gasteiger charge is -2.09. The Labute approximate surface area is 187 Å². The van der Waals surface area contributed by atoms with Gasteiger partial charge in [-0.2, -0.15) is 5.10 Å². The lowest BCUT2D eigenvalue weighted by atomic mass is 10.1. The lowest BCUT2D eigenvalue weighted by molar-refractivity contribution is 0.345. The fraction of sp³-hybridized carbons (Fsp3) is 0.0870. The number of hydrogen-bond donors (Lipinski definition) is 1. The van der Waals surface area contributed by atoms with Crippen LogP contribution < -0.4 is 10.2 Å². The van der Waals surface area contributed by atoms with Crippen molar-refractivity contribution in [3.8, 4) is 17.0 Å². The Balaban J connectivity index is 1.58. The molecule has 0 saturated heterocycles. The average molecular weight is 482 g/mol. The molecule has 0 aliphatic carbocycles. The summed E-state index contributed by atoms with van der Waals surface area (Å²) in [5.74, 6) is 1.24. The summed E-state index contributed by atoms with van der Waals surface area (Å²) < 4.78 is 5.55. The standard InChI is InChI=1S/C23H18BrClN4O/c24-12-13-30-19-9-6-16(7-10-19)15-26-29-23-27-21-11-8-18(25)14-20(21)22(28-23)17-4-2-1-3-5-17/h1-11,14-15H,12-13H2,(H,27,28,29). The number of halogens is 2. The molecule has 0 amide bonds. The topological polar surface area (TPSA) is 59.4 Å². The second-order valence-electron chi connectivity index (χ2n) is 6.40. The van der Waals surface area contributed by atoms with Gasteiger partial charge >= 0.3 is 0 Å². The van der Waals surface area contributed by atoms with E-state index in [4.69, 9.17) is 16.3 Å². The summed E-state index contributed by atoms with van der Waals surface area (Å²) in [5.41, 5.74) is 6.45. The van der Waals surface area contributed by atoms with Crippen LogP contribution in [-0.4, -0.2) is 28.1 Å². The SMILES string of the molecule is Clc1ccc2nc(NN=Cc3ccc(OCCBr)cc3)nc(-c3ccccc3)c2c1. The normalized spacial score (nSPS) is 11.1. The van der Waals surface area contributed by atoms with Crippen LogP contribution in [0.3, 0.4) is 0 Å². The van der Waals surface area contributed by atoms with Gasteiger partial charge in [-0.25, -0.2) is 15.4 Å². The van der Waals surface area contributed by atoms with E-state index in [9.17, 15) is 0 Å². The van der Waals surface area contributed by atoms with Gasteiger partial charge in [0.05, 0.1) is 24.0 Å². The third-order valence-electron chi connectivity index (χ3n) is 4.31. The molecule has 0 bridgehead atoms. The fourth-order valence-electron chi connectivity index (χ4n) is 2.94. The number of rotatable bonds is 7. The molecule has 1 heterocycles. The zero-order valence-corrected chi connectivity index (χ0v) is 18.3. The highest BCUT2D eigenvalue weighted by atomic mass is 79.9. The molecule has 1 aromatic heterocycles. The predicted molar refractivity (Wildman–Crippen MR) is 127 cm³/mol. The molecule has 4 rings (SSSR count). The molecule has 0 aliphatic heterocycles. The average Bonchev–Trinajstić information content (AvgIpc) is 2.79. The smallest absolute Gasteiger partial charge is 0.244 e. The minimum Gasteiger partial charge on any atom is -0.493 e. The quantitative estimate of drug-likeness (QED) is 0.195. The highest BCUT2D eigenvalue weighted by Gasteiger charge is 2.10. The summed E-state index contributed by atoms with van der Waals surface area (Å²) in [7, 11) is 0. The molecule has 0 radical (unpaired) electrons. The number of nitrogens with zero attached hydrogens (tertiary/aromatic N) is 3. The van der Waals surface area contributed by atoms with E-state index in [1.54, 1.807) is 6.21 Å². The maximum atomic E-state index is 6.20. The van der Waals surface area contributed by atoms with E-state index in [0.717, 1.165) is 38.8 Å². The number of benzene rings is 3. The molecule has 1 N–H and O–H groups in total. The molecule has 150 valence electrons. The van der Waals surface area contributed by atoms with Gasteiger partial charge in [-0.15, -0.1) is 0 Å². The van der Waals surface area contributed by atoms with Crippen molar-refractivity contribution in [1.82, 2.24) is 9.97 Å². The van der Waals surface area contributed by atoms with Gasteiger partial charge in [0.1, 0.15) is 5.75 Å². The monoisotopic (exact) mass is 480 g/mol. The van der Waals surface area contributed by atoms with Crippen LogP contribution in [0, 0.1) is 0 Å². The minimum absolute atomic E-state index is 0.414. The zero-order valence-electron chi connectivity index (χ0n) is 15.9. The van der Waals surface area contributed by atoms with Gasteiger partial charge in [-0.1, -0.05) is 57.9 Å². The van der Waals surface area contributed by atoms with E-state index < -0.39 is 0 Å². The Bertz CT molecular complexity index is 1170. The summed E-state index contributed by atoms with van der Waals surface area (Å²) in [5, 5.41) is 6.62. The van der Waals surface area contributed by atoms with Crippen LogP contribution in [-0.2, 0) is 0 Å². The number of fused-ring (bicyclic) bond motifs is 1. The predicted octanol–water partition coefficient (Wildman–Crippen LogP) is 6.17. The highest BCUT2D eigenvalue weighted by Crippen LogP contribution is 2.29. The van der Waals surface area contributed by atoms with Gasteiger partial charge in [0, 0.05) is 21.3 Å². The number of hydrogen-bond acceptors (Lipinski definition) is 5. The van der Waals surface area contributed by atoms with E-state index in [-0.39, 0.29) is 0 Å². The Morgan fingerprint density at radius 2 is 1.80 bits per heavy atom. The maximum absolute atomic E-state index is 6.20. The largest absolute Gasteiger partial charge is 0.493 e. The van der Waals surface area contributed by atoms with Crippen molar-refractivity contribution in [1.29, 1.82) is 0 Å². The lowest BCUT2D eigenvalue weighted by Crippen LogP contribution is -2.00. The van der Waals surface area contributed by atoms with Gasteiger partial charge in [0.25, 0.3) is 0 Å². The number of alkyl halides is 1. The first kappa shape index (κ1) is 20.3. The molecule has 0 aliphatic rings. The zero-order chi connectivity index (χ0) is 20.8. The molecule has 30 heavy (non-hydrogen) atoms. The van der Waals surface area contributed by atoms with Gasteiger partial charge in [-0.3, -0.25) is 0 Å². The van der Waals surface area contributed by atoms with Gasteiger partial charge in [0.2, 0.25) is 5.95 Å². The fourth-order valence-corrected chi connectivity index (χ4v) is 3.27. The van der Waals surface area contributed by atoms with Crippen molar-refractivity contribution >= 4 is 50.6 Å². The van der Waals surface area contributed by atoms with Crippen molar-refractivity contribution < 1.29 is 4.74 Å². The molecule has 5 nitrogen and oxygen atoms in total. The van der Waals surface area contributed by atoms with Crippen LogP contribution in [0.2, 0.25) is 5.02 Å². The molecular weight excluding hydrogens is 464 g/mol. The number of ether oxygens (including phenoxy) is 1. The Hall–Kier alpha value is -2.96. The molecule has 3 aromatic carbocycles. The van der Waals surface area contributed by atoms with Gasteiger partial charge in [0.15, 0.2) is 0 Å².